The van der Waals surface area contributed by atoms with Gasteiger partial charge >= 0.3 is 85.5 Å². The molecule has 0 spiro atoms. The molecule has 2 nitrogen and oxygen atoms in total. The standard InChI is InChI=1S/C10H10NOSe/c13-10-11-9(7-12-10)6-8-4-2-1-3-5-8/h1-5,9H,6-7H2/t9-/m0/s1. The van der Waals surface area contributed by atoms with Crippen LogP contribution in [0.1, 0.15) is 5.56 Å². The molecule has 1 aromatic rings. The molecule has 1 radical (unpaired) electrons. The number of hydrogen-bond acceptors (Lipinski definition) is 2. The number of benzene rings is 1. The van der Waals surface area contributed by atoms with Crippen molar-refractivity contribution in [3.8, 4) is 0 Å². The van der Waals surface area contributed by atoms with E-state index in [2.05, 4.69) is 33.1 Å². The molecule has 0 saturated carbocycles. The minimum atomic E-state index is 0.290. The third kappa shape index (κ3) is 2.33. The van der Waals surface area contributed by atoms with Gasteiger partial charge in [-0.25, -0.2) is 0 Å². The monoisotopic (exact) mass is 240 g/mol. The van der Waals surface area contributed by atoms with E-state index in [0.717, 1.165) is 6.42 Å². The Hall–Kier alpha value is -0.791. The van der Waals surface area contributed by atoms with E-state index in [1.807, 2.05) is 18.2 Å². The average Bonchev–Trinajstić information content (AvgIpc) is 2.53. The first-order valence-electron chi connectivity index (χ1n) is 4.26. The van der Waals surface area contributed by atoms with E-state index in [1.165, 1.54) is 5.56 Å². The van der Waals surface area contributed by atoms with Crippen molar-refractivity contribution in [3.63, 3.8) is 0 Å². The molecule has 1 atom stereocenters. The van der Waals surface area contributed by atoms with Gasteiger partial charge in [0, 0.05) is 0 Å². The molecule has 0 aromatic heterocycles. The second-order valence-corrected chi connectivity index (χ2v) is 3.78. The summed E-state index contributed by atoms with van der Waals surface area (Å²) >= 11 is 2.78. The van der Waals surface area contributed by atoms with Crippen LogP contribution in [-0.2, 0) is 11.2 Å². The summed E-state index contributed by atoms with van der Waals surface area (Å²) < 4.78 is 5.23. The molecular weight excluding hydrogens is 229 g/mol. The SMILES string of the molecule is [Se]C1=N[C@@H](Cc2ccccc2)CO1. The topological polar surface area (TPSA) is 21.6 Å². The molecule has 0 aliphatic carbocycles. The van der Waals surface area contributed by atoms with Crippen molar-refractivity contribution in [2.75, 3.05) is 6.61 Å². The number of aliphatic imine (C=N–C) groups is 1. The Balaban J connectivity index is 2.00. The van der Waals surface area contributed by atoms with E-state index in [1.54, 1.807) is 0 Å². The van der Waals surface area contributed by atoms with Gasteiger partial charge in [0.25, 0.3) is 0 Å². The van der Waals surface area contributed by atoms with E-state index < -0.39 is 0 Å². The maximum absolute atomic E-state index is 5.23. The second-order valence-electron chi connectivity index (χ2n) is 3.05. The van der Waals surface area contributed by atoms with Crippen molar-refractivity contribution < 1.29 is 4.74 Å². The van der Waals surface area contributed by atoms with Gasteiger partial charge in [-0.2, -0.15) is 0 Å². The molecule has 0 N–H and O–H groups in total. The Kier molecular flexibility index (Phi) is 2.67. The van der Waals surface area contributed by atoms with Crippen LogP contribution >= 0.6 is 0 Å². The van der Waals surface area contributed by atoms with Gasteiger partial charge in [-0.15, -0.1) is 0 Å². The number of hydrogen-bond donors (Lipinski definition) is 0. The maximum atomic E-state index is 5.23. The molecule has 0 unspecified atom stereocenters. The van der Waals surface area contributed by atoms with Crippen LogP contribution in [0.15, 0.2) is 35.3 Å². The predicted octanol–water partition coefficient (Wildman–Crippen LogP) is 1.15. The fraction of sp³-hybridized carbons (Fsp3) is 0.300. The number of nitrogens with zero attached hydrogens (tertiary/aromatic N) is 1. The van der Waals surface area contributed by atoms with Crippen LogP contribution < -0.4 is 0 Å². The first-order chi connectivity index (χ1) is 6.34. The molecule has 0 amide bonds. The molecule has 0 fully saturated rings. The van der Waals surface area contributed by atoms with Crippen LogP contribution in [0, 0.1) is 0 Å². The Morgan fingerprint density at radius 2 is 2.15 bits per heavy atom. The molecule has 1 aromatic carbocycles. The van der Waals surface area contributed by atoms with E-state index in [0.29, 0.717) is 17.4 Å². The zero-order chi connectivity index (χ0) is 9.10. The normalized spacial score (nSPS) is 20.9. The minimum absolute atomic E-state index is 0.290. The Labute approximate surface area is 85.8 Å². The van der Waals surface area contributed by atoms with Crippen LogP contribution in [0.25, 0.3) is 0 Å². The van der Waals surface area contributed by atoms with Gasteiger partial charge in [0.1, 0.15) is 0 Å². The van der Waals surface area contributed by atoms with Gasteiger partial charge in [-0.3, -0.25) is 0 Å². The van der Waals surface area contributed by atoms with Crippen molar-refractivity contribution in [3.05, 3.63) is 35.9 Å². The van der Waals surface area contributed by atoms with Crippen molar-refractivity contribution in [1.82, 2.24) is 0 Å². The molecule has 1 aliphatic heterocycles. The fourth-order valence-electron chi connectivity index (χ4n) is 1.38. The summed E-state index contributed by atoms with van der Waals surface area (Å²) in [5, 5.41) is 0. The number of rotatable bonds is 2. The van der Waals surface area contributed by atoms with E-state index in [9.17, 15) is 0 Å². The van der Waals surface area contributed by atoms with Crippen LogP contribution in [0.3, 0.4) is 0 Å². The van der Waals surface area contributed by atoms with Gasteiger partial charge in [0.2, 0.25) is 0 Å². The molecule has 67 valence electrons. The van der Waals surface area contributed by atoms with Gasteiger partial charge in [0.05, 0.1) is 0 Å². The zero-order valence-electron chi connectivity index (χ0n) is 7.14. The van der Waals surface area contributed by atoms with Crippen molar-refractivity contribution in [2.24, 2.45) is 4.99 Å². The molecule has 1 aliphatic rings. The molecule has 1 heterocycles. The summed E-state index contributed by atoms with van der Waals surface area (Å²) in [6.07, 6.45) is 0.964. The second kappa shape index (κ2) is 3.95. The quantitative estimate of drug-likeness (QED) is 0.709. The van der Waals surface area contributed by atoms with Crippen LogP contribution in [-0.4, -0.2) is 33.5 Å². The summed E-state index contributed by atoms with van der Waals surface area (Å²) in [4.78, 5) is 5.02. The third-order valence-corrected chi connectivity index (χ3v) is 2.47. The summed E-state index contributed by atoms with van der Waals surface area (Å²) in [5.41, 5.74) is 1.31. The summed E-state index contributed by atoms with van der Waals surface area (Å²) in [5.74, 6) is 0. The van der Waals surface area contributed by atoms with Crippen molar-refractivity contribution >= 4 is 20.8 Å². The number of ether oxygens (including phenoxy) is 1. The van der Waals surface area contributed by atoms with Crippen molar-refractivity contribution in [2.45, 2.75) is 12.5 Å². The summed E-state index contributed by atoms with van der Waals surface area (Å²) in [6.45, 7) is 0.706. The first-order valence-corrected chi connectivity index (χ1v) is 5.12. The summed E-state index contributed by atoms with van der Waals surface area (Å²) in [7, 11) is 0. The molecule has 0 bridgehead atoms. The van der Waals surface area contributed by atoms with Crippen LogP contribution in [0.2, 0.25) is 0 Å². The Bertz CT molecular complexity index is 310. The predicted molar refractivity (Wildman–Crippen MR) is 53.1 cm³/mol. The fourth-order valence-corrected chi connectivity index (χ4v) is 1.84. The van der Waals surface area contributed by atoms with Gasteiger partial charge < -0.3 is 0 Å². The van der Waals surface area contributed by atoms with E-state index in [-0.39, 0.29) is 0 Å². The molecule has 2 rings (SSSR count). The van der Waals surface area contributed by atoms with Gasteiger partial charge in [-0.05, 0) is 0 Å². The molecular formula is C10H10NOSe. The molecule has 13 heavy (non-hydrogen) atoms. The zero-order valence-corrected chi connectivity index (χ0v) is 8.86. The van der Waals surface area contributed by atoms with Gasteiger partial charge in [-0.1, -0.05) is 0 Å². The summed E-state index contributed by atoms with van der Waals surface area (Å²) in [6, 6.07) is 10.6. The first kappa shape index (κ1) is 8.79. The van der Waals surface area contributed by atoms with E-state index >= 15 is 0 Å². The molecule has 3 heteroatoms. The third-order valence-electron chi connectivity index (χ3n) is 2.00. The van der Waals surface area contributed by atoms with Crippen molar-refractivity contribution in [1.29, 1.82) is 0 Å². The van der Waals surface area contributed by atoms with Crippen LogP contribution in [0.5, 0.6) is 0 Å². The van der Waals surface area contributed by atoms with Gasteiger partial charge in [0.15, 0.2) is 0 Å². The average molecular weight is 239 g/mol. The van der Waals surface area contributed by atoms with Crippen LogP contribution in [0.4, 0.5) is 0 Å². The Morgan fingerprint density at radius 3 is 2.77 bits per heavy atom. The molecule has 0 saturated heterocycles. The van der Waals surface area contributed by atoms with E-state index in [4.69, 9.17) is 4.74 Å². The Morgan fingerprint density at radius 1 is 1.38 bits per heavy atom.